The first-order valence-corrected chi connectivity index (χ1v) is 16.6. The van der Waals surface area contributed by atoms with E-state index in [0.29, 0.717) is 0 Å². The molecule has 4 aromatic carbocycles. The number of methoxy groups -OCH3 is 1. The molecular weight excluding hydrogens is 706 g/mol. The molecule has 0 N–H and O–H groups in total. The van der Waals surface area contributed by atoms with E-state index in [-0.39, 0.29) is 26.1 Å². The van der Waals surface area contributed by atoms with E-state index in [1.807, 2.05) is 18.2 Å². The van der Waals surface area contributed by atoms with Gasteiger partial charge in [0.2, 0.25) is 0 Å². The van der Waals surface area contributed by atoms with Gasteiger partial charge in [0.25, 0.3) is 0 Å². The van der Waals surface area contributed by atoms with Gasteiger partial charge >= 0.3 is 275 Å². The Balaban J connectivity index is 1.46. The molecule has 46 heavy (non-hydrogen) atoms. The maximum absolute atomic E-state index is 14.1. The van der Waals surface area contributed by atoms with Crippen LogP contribution in [0.2, 0.25) is 0 Å². The van der Waals surface area contributed by atoms with Gasteiger partial charge in [-0.05, 0) is 0 Å². The molecule has 0 aromatic heterocycles. The Morgan fingerprint density at radius 1 is 0.652 bits per heavy atom. The van der Waals surface area contributed by atoms with Crippen LogP contribution in [0.5, 0.6) is 0 Å². The van der Waals surface area contributed by atoms with Crippen LogP contribution in [0, 0.1) is 0 Å². The van der Waals surface area contributed by atoms with Crippen molar-refractivity contribution in [2.45, 2.75) is 30.6 Å². The van der Waals surface area contributed by atoms with Crippen LogP contribution in [0.1, 0.15) is 41.4 Å². The predicted octanol–water partition coefficient (Wildman–Crippen LogP) is 3.03. The molecule has 0 radical (unpaired) electrons. The van der Waals surface area contributed by atoms with Crippen LogP contribution in [0.3, 0.4) is 0 Å². The Hall–Kier alpha value is -4.66. The predicted molar refractivity (Wildman–Crippen MR) is 165 cm³/mol. The number of imide groups is 1. The number of esters is 2. The van der Waals surface area contributed by atoms with Crippen molar-refractivity contribution >= 4 is 52.1 Å². The molecule has 4 aromatic rings. The molecule has 2 heterocycles. The van der Waals surface area contributed by atoms with Crippen LogP contribution in [0.25, 0.3) is 0 Å². The minimum absolute atomic E-state index is 0.123. The first-order chi connectivity index (χ1) is 22.4. The third-order valence-electron chi connectivity index (χ3n) is 7.57. The monoisotopic (exact) mass is 735 g/mol. The van der Waals surface area contributed by atoms with Crippen molar-refractivity contribution in [3.63, 3.8) is 0 Å². The molecule has 10 nitrogen and oxygen atoms in total. The molecule has 1 fully saturated rings. The molecule has 11 heteroatoms. The second-order valence-electron chi connectivity index (χ2n) is 10.4. The zero-order chi connectivity index (χ0) is 32.2. The van der Waals surface area contributed by atoms with Crippen LogP contribution < -0.4 is 3.61 Å². The molecule has 0 aliphatic carbocycles. The summed E-state index contributed by atoms with van der Waals surface area (Å²) in [5, 5.41) is 0. The fourth-order valence-electron chi connectivity index (χ4n) is 5.42. The molecule has 0 saturated carbocycles. The van der Waals surface area contributed by atoms with Gasteiger partial charge in [-0.2, -0.15) is 0 Å². The number of nitrogens with zero attached hydrogens (tertiary/aromatic N) is 1. The van der Waals surface area contributed by atoms with E-state index >= 15 is 0 Å². The van der Waals surface area contributed by atoms with Gasteiger partial charge in [0.15, 0.2) is 0 Å². The number of rotatable bonds is 9. The fraction of sp³-hybridized carbons (Fsp3) is 0.171. The van der Waals surface area contributed by atoms with E-state index < -0.39 is 75.3 Å². The minimum atomic E-state index is -1.62. The molecular formula is C35H27NO9Te. The number of hydrogen-bond acceptors (Lipinski definition) is 9. The summed E-state index contributed by atoms with van der Waals surface area (Å²) >= 11 is -1.62. The molecule has 2 aliphatic heterocycles. The van der Waals surface area contributed by atoms with Gasteiger partial charge < -0.3 is 0 Å². The third-order valence-corrected chi connectivity index (χ3v) is 10.3. The molecule has 2 amide bonds. The average Bonchev–Trinajstić information content (AvgIpc) is 3.35. The zero-order valence-corrected chi connectivity index (χ0v) is 26.7. The summed E-state index contributed by atoms with van der Waals surface area (Å²) in [4.78, 5) is 69.8. The summed E-state index contributed by atoms with van der Waals surface area (Å²) in [5.74, 6) is -3.01. The Morgan fingerprint density at radius 2 is 1.11 bits per heavy atom. The summed E-state index contributed by atoms with van der Waals surface area (Å²) in [6.07, 6.45) is -5.90. The Bertz CT molecular complexity index is 1730. The van der Waals surface area contributed by atoms with Crippen molar-refractivity contribution < 1.29 is 42.9 Å². The van der Waals surface area contributed by atoms with Gasteiger partial charge in [-0.3, -0.25) is 0 Å². The Morgan fingerprint density at radius 3 is 1.61 bits per heavy atom. The fourth-order valence-corrected chi connectivity index (χ4v) is 7.81. The molecule has 0 spiro atoms. The molecule has 0 unspecified atom stereocenters. The topological polar surface area (TPSA) is 126 Å². The number of carbonyl (C=O) groups excluding carboxylic acids is 5. The second-order valence-corrected chi connectivity index (χ2v) is 13.5. The molecule has 1 saturated heterocycles. The zero-order valence-electron chi connectivity index (χ0n) is 24.4. The van der Waals surface area contributed by atoms with E-state index in [0.717, 1.165) is 8.51 Å². The Kier molecular flexibility index (Phi) is 9.38. The summed E-state index contributed by atoms with van der Waals surface area (Å²) in [6.45, 7) is 0. The van der Waals surface area contributed by atoms with E-state index in [9.17, 15) is 24.0 Å². The van der Waals surface area contributed by atoms with Crippen LogP contribution in [0.15, 0.2) is 115 Å². The van der Waals surface area contributed by atoms with Crippen molar-refractivity contribution in [1.82, 2.24) is 4.90 Å². The number of amides is 2. The number of benzene rings is 4. The number of fused-ring (bicyclic) bond motifs is 1. The van der Waals surface area contributed by atoms with Crippen molar-refractivity contribution in [3.8, 4) is 0 Å². The van der Waals surface area contributed by atoms with E-state index in [1.54, 1.807) is 60.7 Å². The van der Waals surface area contributed by atoms with Crippen molar-refractivity contribution in [1.29, 1.82) is 0 Å². The van der Waals surface area contributed by atoms with Crippen molar-refractivity contribution in [3.05, 3.63) is 138 Å². The standard InChI is InChI=1S/C35H27NO9Te/c1-42-35-29(44-33(40)22-15-7-3-8-16-22)27(43-32(39)21-13-5-2-6-14-21)26(28(45-35)34(41)46-23-17-9-4-10-18-23)36-30(37)24-19-11-12-20-25(24)31(36)38/h2-20,26-29,35H,1H3/t26-,27-,28-,29+,35+/m0/s1. The first-order valence-electron chi connectivity index (χ1n) is 14.3. The molecule has 5 atom stereocenters. The molecule has 232 valence electrons. The summed E-state index contributed by atoms with van der Waals surface area (Å²) in [6, 6.07) is 30.0. The third kappa shape index (κ3) is 6.23. The van der Waals surface area contributed by atoms with Crippen molar-refractivity contribution in [2.75, 3.05) is 7.11 Å². The summed E-state index contributed by atoms with van der Waals surface area (Å²) < 4.78 is 24.2. The number of hydrogen-bond donors (Lipinski definition) is 0. The molecule has 2 aliphatic rings. The van der Waals surface area contributed by atoms with Crippen LogP contribution in [-0.2, 0) is 23.7 Å². The Labute approximate surface area is 274 Å². The van der Waals surface area contributed by atoms with Crippen LogP contribution in [0.4, 0.5) is 0 Å². The van der Waals surface area contributed by atoms with Gasteiger partial charge in [-0.1, -0.05) is 0 Å². The summed E-state index contributed by atoms with van der Waals surface area (Å²) in [7, 11) is 1.29. The van der Waals surface area contributed by atoms with E-state index in [2.05, 4.69) is 0 Å². The van der Waals surface area contributed by atoms with Gasteiger partial charge in [0, 0.05) is 0 Å². The van der Waals surface area contributed by atoms with Gasteiger partial charge in [0.1, 0.15) is 0 Å². The van der Waals surface area contributed by atoms with Gasteiger partial charge in [0.05, 0.1) is 0 Å². The van der Waals surface area contributed by atoms with E-state index in [1.165, 1.54) is 43.5 Å². The molecule has 6 rings (SSSR count). The van der Waals surface area contributed by atoms with Gasteiger partial charge in [-0.15, -0.1) is 0 Å². The maximum atomic E-state index is 14.1. The quantitative estimate of drug-likeness (QED) is 0.145. The van der Waals surface area contributed by atoms with Crippen molar-refractivity contribution in [2.24, 2.45) is 0 Å². The normalized spacial score (nSPS) is 22.2. The van der Waals surface area contributed by atoms with Crippen LogP contribution >= 0.6 is 0 Å². The average molecular weight is 733 g/mol. The van der Waals surface area contributed by atoms with E-state index in [4.69, 9.17) is 18.9 Å². The van der Waals surface area contributed by atoms with Crippen LogP contribution in [-0.4, -0.2) is 91.2 Å². The van der Waals surface area contributed by atoms with Gasteiger partial charge in [-0.25, -0.2) is 0 Å². The number of ether oxygens (including phenoxy) is 4. The SMILES string of the molecule is CO[C@@H]1O[C@H](C(=O)[Te]c2ccccc2)[C@@H](N2C(=O)c3ccccc3C2=O)[C@H](OC(=O)c2ccccc2)[C@H]1OC(=O)c1ccccc1. The number of carbonyl (C=O) groups is 5. The molecule has 0 bridgehead atoms. The summed E-state index contributed by atoms with van der Waals surface area (Å²) in [5.41, 5.74) is 0.603. The second kappa shape index (κ2) is 13.8. The first kappa shape index (κ1) is 31.3.